The summed E-state index contributed by atoms with van der Waals surface area (Å²) in [7, 11) is 0. The molecule has 0 atom stereocenters. The monoisotopic (exact) mass is 367 g/mol. The standard InChI is InChI=1S/C20H14FNO5/c21-14-9-7-13(8-10-14)17(23)12-27-20(25)15-4-1-2-5-16(15)22-19(24)18-6-3-11-26-18/h1-11H,12H2,(H,22,24). The fraction of sp³-hybridized carbons (Fsp3) is 0.0500. The maximum absolute atomic E-state index is 12.9. The fourth-order valence-electron chi connectivity index (χ4n) is 2.29. The Hall–Kier alpha value is -3.74. The molecule has 0 aliphatic rings. The van der Waals surface area contributed by atoms with Crippen LogP contribution in [0.1, 0.15) is 31.3 Å². The number of furan rings is 1. The molecule has 0 unspecified atom stereocenters. The van der Waals surface area contributed by atoms with E-state index in [1.807, 2.05) is 0 Å². The van der Waals surface area contributed by atoms with Crippen molar-refractivity contribution in [3.05, 3.63) is 89.6 Å². The lowest BCUT2D eigenvalue weighted by molar-refractivity contribution is 0.0475. The third-order valence-electron chi connectivity index (χ3n) is 3.64. The van der Waals surface area contributed by atoms with Crippen LogP contribution in [0.5, 0.6) is 0 Å². The third-order valence-corrected chi connectivity index (χ3v) is 3.64. The van der Waals surface area contributed by atoms with Crippen LogP contribution < -0.4 is 5.32 Å². The maximum Gasteiger partial charge on any atom is 0.340 e. The number of hydrogen-bond acceptors (Lipinski definition) is 5. The van der Waals surface area contributed by atoms with Crippen molar-refractivity contribution in [2.45, 2.75) is 0 Å². The van der Waals surface area contributed by atoms with Crippen molar-refractivity contribution in [1.82, 2.24) is 0 Å². The molecule has 0 spiro atoms. The normalized spacial score (nSPS) is 10.3. The predicted octanol–water partition coefficient (Wildman–Crippen LogP) is 3.71. The second-order valence-electron chi connectivity index (χ2n) is 5.48. The number of rotatable bonds is 6. The van der Waals surface area contributed by atoms with Crippen molar-refractivity contribution < 1.29 is 27.9 Å². The van der Waals surface area contributed by atoms with E-state index in [9.17, 15) is 18.8 Å². The topological polar surface area (TPSA) is 85.6 Å². The summed E-state index contributed by atoms with van der Waals surface area (Å²) in [6.45, 7) is -0.509. The smallest absolute Gasteiger partial charge is 0.340 e. The Morgan fingerprint density at radius 1 is 0.963 bits per heavy atom. The number of esters is 1. The number of hydrogen-bond donors (Lipinski definition) is 1. The summed E-state index contributed by atoms with van der Waals surface area (Å²) in [5, 5.41) is 2.56. The second kappa shape index (κ2) is 8.09. The Morgan fingerprint density at radius 2 is 1.70 bits per heavy atom. The van der Waals surface area contributed by atoms with Gasteiger partial charge in [0.2, 0.25) is 0 Å². The summed E-state index contributed by atoms with van der Waals surface area (Å²) in [5.74, 6) is -2.15. The van der Waals surface area contributed by atoms with Crippen molar-refractivity contribution >= 4 is 23.3 Å². The summed E-state index contributed by atoms with van der Waals surface area (Å²) in [5.41, 5.74) is 0.533. The molecule has 7 heteroatoms. The molecule has 0 aliphatic heterocycles. The van der Waals surface area contributed by atoms with Gasteiger partial charge in [-0.05, 0) is 48.5 Å². The molecule has 6 nitrogen and oxygen atoms in total. The Labute approximate surface area is 153 Å². The predicted molar refractivity (Wildman–Crippen MR) is 94.1 cm³/mol. The van der Waals surface area contributed by atoms with Gasteiger partial charge in [0.25, 0.3) is 5.91 Å². The minimum Gasteiger partial charge on any atom is -0.459 e. The van der Waals surface area contributed by atoms with Gasteiger partial charge in [-0.2, -0.15) is 0 Å². The van der Waals surface area contributed by atoms with Crippen molar-refractivity contribution in [3.63, 3.8) is 0 Å². The average molecular weight is 367 g/mol. The summed E-state index contributed by atoms with van der Waals surface area (Å²) < 4.78 is 22.9. The number of ether oxygens (including phenoxy) is 1. The molecule has 0 radical (unpaired) electrons. The molecule has 1 heterocycles. The van der Waals surface area contributed by atoms with Gasteiger partial charge in [0.1, 0.15) is 5.82 Å². The fourth-order valence-corrected chi connectivity index (χ4v) is 2.29. The molecule has 0 aliphatic carbocycles. The first-order valence-corrected chi connectivity index (χ1v) is 7.94. The zero-order chi connectivity index (χ0) is 19.2. The zero-order valence-electron chi connectivity index (χ0n) is 14.0. The van der Waals surface area contributed by atoms with Crippen LogP contribution >= 0.6 is 0 Å². The Balaban J connectivity index is 1.67. The molecule has 27 heavy (non-hydrogen) atoms. The highest BCUT2D eigenvalue weighted by Gasteiger charge is 2.18. The Kier molecular flexibility index (Phi) is 5.41. The van der Waals surface area contributed by atoms with E-state index in [-0.39, 0.29) is 22.6 Å². The second-order valence-corrected chi connectivity index (χ2v) is 5.48. The van der Waals surface area contributed by atoms with E-state index in [0.717, 1.165) is 12.1 Å². The molecular weight excluding hydrogens is 353 g/mol. The lowest BCUT2D eigenvalue weighted by Gasteiger charge is -2.10. The van der Waals surface area contributed by atoms with Crippen molar-refractivity contribution in [2.24, 2.45) is 0 Å². The first kappa shape index (κ1) is 18.1. The summed E-state index contributed by atoms with van der Waals surface area (Å²) in [6.07, 6.45) is 1.36. The van der Waals surface area contributed by atoms with Gasteiger partial charge in [-0.15, -0.1) is 0 Å². The highest BCUT2D eigenvalue weighted by atomic mass is 19.1. The number of Topliss-reactive ketones (excluding diaryl/α,β-unsaturated/α-hetero) is 1. The lowest BCUT2D eigenvalue weighted by Crippen LogP contribution is -2.18. The van der Waals surface area contributed by atoms with Gasteiger partial charge in [-0.25, -0.2) is 9.18 Å². The van der Waals surface area contributed by atoms with Crippen LogP contribution in [-0.4, -0.2) is 24.3 Å². The molecule has 0 saturated heterocycles. The van der Waals surface area contributed by atoms with Crippen LogP contribution in [0.2, 0.25) is 0 Å². The minimum absolute atomic E-state index is 0.0873. The highest BCUT2D eigenvalue weighted by Crippen LogP contribution is 2.18. The number of nitrogens with one attached hydrogen (secondary N) is 1. The van der Waals surface area contributed by atoms with Crippen molar-refractivity contribution in [3.8, 4) is 0 Å². The van der Waals surface area contributed by atoms with Crippen molar-refractivity contribution in [2.75, 3.05) is 11.9 Å². The molecule has 3 rings (SSSR count). The van der Waals surface area contributed by atoms with Gasteiger partial charge < -0.3 is 14.5 Å². The van der Waals surface area contributed by atoms with E-state index in [0.29, 0.717) is 0 Å². The van der Waals surface area contributed by atoms with E-state index < -0.39 is 30.1 Å². The number of halogens is 1. The summed E-state index contributed by atoms with van der Waals surface area (Å²) >= 11 is 0. The summed E-state index contributed by atoms with van der Waals surface area (Å²) in [4.78, 5) is 36.4. The van der Waals surface area contributed by atoms with Gasteiger partial charge in [-0.1, -0.05) is 12.1 Å². The van der Waals surface area contributed by atoms with Gasteiger partial charge in [-0.3, -0.25) is 9.59 Å². The largest absolute Gasteiger partial charge is 0.459 e. The average Bonchev–Trinajstić information content (AvgIpc) is 3.22. The number of amides is 1. The van der Waals surface area contributed by atoms with Gasteiger partial charge in [0, 0.05) is 5.56 Å². The van der Waals surface area contributed by atoms with Crippen LogP contribution in [0.25, 0.3) is 0 Å². The number of benzene rings is 2. The molecule has 1 aromatic heterocycles. The van der Waals surface area contributed by atoms with Crippen LogP contribution in [-0.2, 0) is 4.74 Å². The number of anilines is 1. The van der Waals surface area contributed by atoms with E-state index in [2.05, 4.69) is 5.32 Å². The number of ketones is 1. The number of para-hydroxylation sites is 1. The SMILES string of the molecule is O=C(COC(=O)c1ccccc1NC(=O)c1ccco1)c1ccc(F)cc1. The van der Waals surface area contributed by atoms with Crippen LogP contribution in [0.15, 0.2) is 71.3 Å². The highest BCUT2D eigenvalue weighted by molar-refractivity contribution is 6.07. The molecule has 0 fully saturated rings. The van der Waals surface area contributed by atoms with E-state index in [1.165, 1.54) is 36.6 Å². The quantitative estimate of drug-likeness (QED) is 0.530. The van der Waals surface area contributed by atoms with Crippen molar-refractivity contribution in [1.29, 1.82) is 0 Å². The van der Waals surface area contributed by atoms with E-state index >= 15 is 0 Å². The van der Waals surface area contributed by atoms with Crippen LogP contribution in [0, 0.1) is 5.82 Å². The van der Waals surface area contributed by atoms with Gasteiger partial charge >= 0.3 is 5.97 Å². The molecule has 1 N–H and O–H groups in total. The lowest BCUT2D eigenvalue weighted by atomic mass is 10.1. The molecular formula is C20H14FNO5. The van der Waals surface area contributed by atoms with E-state index in [1.54, 1.807) is 18.2 Å². The first-order valence-electron chi connectivity index (χ1n) is 7.94. The molecule has 3 aromatic rings. The van der Waals surface area contributed by atoms with Crippen LogP contribution in [0.3, 0.4) is 0 Å². The molecule has 136 valence electrons. The number of carbonyl (C=O) groups is 3. The van der Waals surface area contributed by atoms with E-state index in [4.69, 9.17) is 9.15 Å². The van der Waals surface area contributed by atoms with Gasteiger partial charge in [0.05, 0.1) is 17.5 Å². The first-order chi connectivity index (χ1) is 13.0. The molecule has 0 saturated carbocycles. The van der Waals surface area contributed by atoms with Crippen LogP contribution in [0.4, 0.5) is 10.1 Å². The summed E-state index contributed by atoms with van der Waals surface area (Å²) in [6, 6.07) is 14.2. The third kappa shape index (κ3) is 4.46. The Bertz CT molecular complexity index is 964. The minimum atomic E-state index is -0.777. The molecule has 2 aromatic carbocycles. The molecule has 1 amide bonds. The molecule has 0 bridgehead atoms. The zero-order valence-corrected chi connectivity index (χ0v) is 14.0. The Morgan fingerprint density at radius 3 is 2.41 bits per heavy atom. The number of carbonyl (C=O) groups excluding carboxylic acids is 3. The maximum atomic E-state index is 12.9. The van der Waals surface area contributed by atoms with Gasteiger partial charge in [0.15, 0.2) is 18.2 Å².